The smallest absolute Gasteiger partial charge is 0.241 e. The van der Waals surface area contributed by atoms with Crippen molar-refractivity contribution in [2.24, 2.45) is 5.92 Å². The average Bonchev–Trinajstić information content (AvgIpc) is 3.49. The minimum Gasteiger partial charge on any atom is -0.356 e. The van der Waals surface area contributed by atoms with Crippen LogP contribution in [0, 0.1) is 5.92 Å². The fraction of sp³-hybridized carbons (Fsp3) is 0.654. The maximum absolute atomic E-state index is 12.5. The number of nitrogens with zero attached hydrogens (tertiary/aromatic N) is 4. The summed E-state index contributed by atoms with van der Waals surface area (Å²) >= 11 is 0. The Morgan fingerprint density at radius 1 is 1.06 bits per heavy atom. The van der Waals surface area contributed by atoms with E-state index in [4.69, 9.17) is 4.52 Å². The Bertz CT molecular complexity index is 888. The van der Waals surface area contributed by atoms with Crippen molar-refractivity contribution < 1.29 is 9.32 Å². The molecule has 0 bridgehead atoms. The molecule has 2 fully saturated rings. The van der Waals surface area contributed by atoms with E-state index in [1.165, 1.54) is 31.5 Å². The highest BCUT2D eigenvalue weighted by molar-refractivity contribution is 5.78. The molecule has 2 aromatic rings. The number of benzene rings is 1. The first kappa shape index (κ1) is 23.9. The van der Waals surface area contributed by atoms with Crippen molar-refractivity contribution in [3.05, 3.63) is 35.7 Å². The van der Waals surface area contributed by atoms with Gasteiger partial charge in [-0.25, -0.2) is 0 Å². The van der Waals surface area contributed by atoms with Crippen LogP contribution in [-0.2, 0) is 16.8 Å². The molecule has 1 aromatic carbocycles. The molecule has 0 unspecified atom stereocenters. The van der Waals surface area contributed by atoms with Crippen molar-refractivity contribution in [1.29, 1.82) is 0 Å². The van der Waals surface area contributed by atoms with Crippen LogP contribution in [0.2, 0.25) is 0 Å². The molecule has 180 valence electrons. The maximum Gasteiger partial charge on any atom is 0.241 e. The fourth-order valence-corrected chi connectivity index (χ4v) is 4.77. The molecular formula is C26H39N5O2. The van der Waals surface area contributed by atoms with Crippen LogP contribution in [0.1, 0.15) is 64.3 Å². The molecule has 7 heteroatoms. The van der Waals surface area contributed by atoms with Crippen LogP contribution >= 0.6 is 0 Å². The molecule has 0 saturated carbocycles. The quantitative estimate of drug-likeness (QED) is 0.612. The van der Waals surface area contributed by atoms with Crippen LogP contribution in [0.4, 0.5) is 0 Å². The first-order chi connectivity index (χ1) is 15.9. The Balaban J connectivity index is 1.18. The van der Waals surface area contributed by atoms with Gasteiger partial charge in [-0.15, -0.1) is 0 Å². The van der Waals surface area contributed by atoms with Gasteiger partial charge in [-0.05, 0) is 75.8 Å². The van der Waals surface area contributed by atoms with Crippen molar-refractivity contribution in [1.82, 2.24) is 25.3 Å². The molecule has 0 spiro atoms. The number of hydrogen-bond donors (Lipinski definition) is 1. The van der Waals surface area contributed by atoms with Crippen LogP contribution in [0.3, 0.4) is 0 Å². The lowest BCUT2D eigenvalue weighted by atomic mass is 9.87. The van der Waals surface area contributed by atoms with Crippen molar-refractivity contribution in [2.75, 3.05) is 39.3 Å². The molecule has 1 amide bonds. The van der Waals surface area contributed by atoms with Crippen LogP contribution in [-0.4, -0.2) is 65.1 Å². The van der Waals surface area contributed by atoms with Crippen LogP contribution < -0.4 is 5.32 Å². The van der Waals surface area contributed by atoms with Crippen molar-refractivity contribution >= 4 is 5.91 Å². The molecule has 2 aliphatic rings. The number of carbonyl (C=O) groups excluding carboxylic acids is 1. The molecule has 1 aromatic heterocycles. The lowest BCUT2D eigenvalue weighted by Gasteiger charge is -2.30. The zero-order chi connectivity index (χ0) is 23.3. The largest absolute Gasteiger partial charge is 0.356 e. The molecule has 2 aliphatic heterocycles. The predicted octanol–water partition coefficient (Wildman–Crippen LogP) is 3.85. The fourth-order valence-electron chi connectivity index (χ4n) is 4.77. The molecule has 1 N–H and O–H groups in total. The maximum atomic E-state index is 12.5. The third kappa shape index (κ3) is 6.64. The monoisotopic (exact) mass is 453 g/mol. The van der Waals surface area contributed by atoms with Gasteiger partial charge >= 0.3 is 0 Å². The lowest BCUT2D eigenvalue weighted by Crippen LogP contribution is -2.40. The van der Waals surface area contributed by atoms with Gasteiger partial charge in [0.15, 0.2) is 0 Å². The van der Waals surface area contributed by atoms with Gasteiger partial charge in [0.2, 0.25) is 17.6 Å². The van der Waals surface area contributed by atoms with Gasteiger partial charge < -0.3 is 14.7 Å². The molecule has 0 aliphatic carbocycles. The molecule has 3 heterocycles. The third-order valence-corrected chi connectivity index (χ3v) is 6.94. The normalized spacial score (nSPS) is 18.6. The van der Waals surface area contributed by atoms with E-state index in [2.05, 4.69) is 70.3 Å². The van der Waals surface area contributed by atoms with Crippen LogP contribution in [0.5, 0.6) is 0 Å². The molecule has 2 saturated heterocycles. The topological polar surface area (TPSA) is 74.5 Å². The van der Waals surface area contributed by atoms with Gasteiger partial charge in [0.25, 0.3) is 0 Å². The van der Waals surface area contributed by atoms with Gasteiger partial charge in [-0.2, -0.15) is 4.98 Å². The minimum absolute atomic E-state index is 0.118. The molecule has 0 atom stereocenters. The number of nitrogens with one attached hydrogen (secondary N) is 1. The summed E-state index contributed by atoms with van der Waals surface area (Å²) in [6.07, 6.45) is 5.45. The summed E-state index contributed by atoms with van der Waals surface area (Å²) < 4.78 is 5.52. The van der Waals surface area contributed by atoms with E-state index in [9.17, 15) is 4.79 Å². The van der Waals surface area contributed by atoms with Crippen molar-refractivity contribution in [2.45, 2.75) is 64.8 Å². The Morgan fingerprint density at radius 3 is 2.42 bits per heavy atom. The van der Waals surface area contributed by atoms with Crippen molar-refractivity contribution in [3.63, 3.8) is 0 Å². The van der Waals surface area contributed by atoms with E-state index in [1.54, 1.807) is 0 Å². The van der Waals surface area contributed by atoms with Crippen LogP contribution in [0.25, 0.3) is 11.4 Å². The van der Waals surface area contributed by atoms with Gasteiger partial charge in [0.1, 0.15) is 0 Å². The van der Waals surface area contributed by atoms with E-state index in [-0.39, 0.29) is 17.2 Å². The Morgan fingerprint density at radius 2 is 1.76 bits per heavy atom. The zero-order valence-electron chi connectivity index (χ0n) is 20.5. The summed E-state index contributed by atoms with van der Waals surface area (Å²) in [7, 11) is 0. The second kappa shape index (κ2) is 10.8. The van der Waals surface area contributed by atoms with E-state index in [0.717, 1.165) is 51.0 Å². The number of hydrogen-bond acceptors (Lipinski definition) is 6. The highest BCUT2D eigenvalue weighted by atomic mass is 16.5. The number of likely N-dealkylation sites (tertiary alicyclic amines) is 2. The molecule has 4 rings (SSSR count). The first-order valence-electron chi connectivity index (χ1n) is 12.5. The highest BCUT2D eigenvalue weighted by Gasteiger charge is 2.26. The molecular weight excluding hydrogens is 414 g/mol. The summed E-state index contributed by atoms with van der Waals surface area (Å²) in [5.74, 6) is 1.60. The standard InChI is InChI=1S/C26H39N5O2/c1-26(2,3)22-9-7-20(8-10-22)24-28-23(33-29-24)19-31-17-11-21(12-18-31)25(32)27-13-6-16-30-14-4-5-15-30/h7-10,21H,4-6,11-19H2,1-3H3,(H,27,32). The average molecular weight is 454 g/mol. The Hall–Kier alpha value is -2.25. The van der Waals surface area contributed by atoms with E-state index < -0.39 is 0 Å². The lowest BCUT2D eigenvalue weighted by molar-refractivity contribution is -0.126. The summed E-state index contributed by atoms with van der Waals surface area (Å²) in [5, 5.41) is 7.33. The van der Waals surface area contributed by atoms with Crippen LogP contribution in [0.15, 0.2) is 28.8 Å². The van der Waals surface area contributed by atoms with Gasteiger partial charge in [-0.1, -0.05) is 50.2 Å². The number of piperidine rings is 1. The number of aromatic nitrogens is 2. The second-order valence-corrected chi connectivity index (χ2v) is 10.6. The molecule has 33 heavy (non-hydrogen) atoms. The minimum atomic E-state index is 0.118. The first-order valence-corrected chi connectivity index (χ1v) is 12.5. The zero-order valence-corrected chi connectivity index (χ0v) is 20.5. The van der Waals surface area contributed by atoms with E-state index >= 15 is 0 Å². The van der Waals surface area contributed by atoms with Crippen molar-refractivity contribution in [3.8, 4) is 11.4 Å². The van der Waals surface area contributed by atoms with Gasteiger partial charge in [0.05, 0.1) is 6.54 Å². The SMILES string of the molecule is CC(C)(C)c1ccc(-c2noc(CN3CCC(C(=O)NCCCN4CCCC4)CC3)n2)cc1. The van der Waals surface area contributed by atoms with E-state index in [1.807, 2.05) is 0 Å². The van der Waals surface area contributed by atoms with Gasteiger partial charge in [-0.3, -0.25) is 9.69 Å². The van der Waals surface area contributed by atoms with Gasteiger partial charge in [0, 0.05) is 18.0 Å². The number of rotatable bonds is 8. The summed E-state index contributed by atoms with van der Waals surface area (Å²) in [4.78, 5) is 21.9. The summed E-state index contributed by atoms with van der Waals surface area (Å²) in [6.45, 7) is 13.3. The highest BCUT2D eigenvalue weighted by Crippen LogP contribution is 2.25. The Kier molecular flexibility index (Phi) is 7.81. The third-order valence-electron chi connectivity index (χ3n) is 6.94. The summed E-state index contributed by atoms with van der Waals surface area (Å²) in [6, 6.07) is 8.39. The number of carbonyl (C=O) groups is 1. The molecule has 0 radical (unpaired) electrons. The predicted molar refractivity (Wildman–Crippen MR) is 130 cm³/mol. The number of amides is 1. The molecule has 7 nitrogen and oxygen atoms in total. The summed E-state index contributed by atoms with van der Waals surface area (Å²) in [5.41, 5.74) is 2.38. The Labute approximate surface area is 197 Å². The van der Waals surface area contributed by atoms with E-state index in [0.29, 0.717) is 18.3 Å². The second-order valence-electron chi connectivity index (χ2n) is 10.6.